The first-order valence-corrected chi connectivity index (χ1v) is 19.4. The lowest BCUT2D eigenvalue weighted by molar-refractivity contribution is -0.144. The molecule has 0 N–H and O–H groups in total. The highest BCUT2D eigenvalue weighted by atomic mass is 79.9. The number of unbranched alkanes of at least 4 members (excludes halogenated alkanes) is 21. The van der Waals surface area contributed by atoms with Gasteiger partial charge in [-0.15, -0.1) is 0 Å². The second kappa shape index (κ2) is 30.8. The van der Waals surface area contributed by atoms with E-state index in [-0.39, 0.29) is 12.6 Å². The van der Waals surface area contributed by atoms with Gasteiger partial charge in [0.05, 0.1) is 13.2 Å². The van der Waals surface area contributed by atoms with E-state index in [1.54, 1.807) is 0 Å². The molecule has 1 aromatic rings. The van der Waals surface area contributed by atoms with Gasteiger partial charge in [-0.1, -0.05) is 165 Å². The van der Waals surface area contributed by atoms with Crippen LogP contribution in [0.3, 0.4) is 0 Å². The molecule has 0 saturated carbocycles. The van der Waals surface area contributed by atoms with Crippen LogP contribution in [0.2, 0.25) is 0 Å². The van der Waals surface area contributed by atoms with Crippen LogP contribution in [-0.4, -0.2) is 24.5 Å². The molecule has 0 unspecified atom stereocenters. The average molecular weight is 668 g/mol. The predicted molar refractivity (Wildman–Crippen MR) is 188 cm³/mol. The molecule has 0 aliphatic rings. The molecule has 0 spiro atoms. The summed E-state index contributed by atoms with van der Waals surface area (Å²) in [5.41, 5.74) is 0.924. The number of carbonyl (C=O) groups excluding carboxylic acids is 1. The van der Waals surface area contributed by atoms with Gasteiger partial charge < -0.3 is 14.2 Å². The number of hydrogen-bond donors (Lipinski definition) is 0. The maximum Gasteiger partial charge on any atom is 0.306 e. The second-order valence-corrected chi connectivity index (χ2v) is 13.2. The fourth-order valence-corrected chi connectivity index (χ4v) is 5.70. The number of rotatable bonds is 32. The van der Waals surface area contributed by atoms with Crippen LogP contribution < -0.4 is 9.47 Å². The third kappa shape index (κ3) is 25.8. The van der Waals surface area contributed by atoms with Crippen molar-refractivity contribution in [2.75, 3.05) is 18.5 Å². The van der Waals surface area contributed by atoms with Gasteiger partial charge in [0, 0.05) is 17.8 Å². The van der Waals surface area contributed by atoms with E-state index in [4.69, 9.17) is 14.2 Å². The van der Waals surface area contributed by atoms with E-state index >= 15 is 0 Å². The molecular formula is C38H67BrO4. The van der Waals surface area contributed by atoms with Crippen LogP contribution in [-0.2, 0) is 16.1 Å². The Hall–Kier alpha value is -1.23. The van der Waals surface area contributed by atoms with E-state index in [0.29, 0.717) is 19.6 Å². The summed E-state index contributed by atoms with van der Waals surface area (Å²) in [7, 11) is 0. The number of ether oxygens (including phenoxy) is 3. The Kier molecular flexibility index (Phi) is 28.5. The van der Waals surface area contributed by atoms with Crippen molar-refractivity contribution in [1.29, 1.82) is 0 Å². The van der Waals surface area contributed by atoms with Crippen molar-refractivity contribution in [3.8, 4) is 11.5 Å². The second-order valence-electron chi connectivity index (χ2n) is 12.4. The van der Waals surface area contributed by atoms with Crippen LogP contribution in [0, 0.1) is 0 Å². The molecule has 1 rings (SSSR count). The van der Waals surface area contributed by atoms with E-state index in [0.717, 1.165) is 41.7 Å². The fourth-order valence-electron chi connectivity index (χ4n) is 5.42. The van der Waals surface area contributed by atoms with Crippen molar-refractivity contribution in [2.24, 2.45) is 0 Å². The number of hydrogen-bond acceptors (Lipinski definition) is 4. The molecule has 0 amide bonds. The maximum absolute atomic E-state index is 12.0. The molecule has 4 nitrogen and oxygen atoms in total. The standard InChI is InChI=1S/C38H67BrO4/c1-3-5-7-9-11-13-15-17-19-21-23-25-30-42-37-32-35(34-43-38(40)27-26-28-39)31-36(33-37)41-29-24-22-20-18-16-14-12-10-8-6-4-2/h31-33H,3-30,34H2,1-2H3. The zero-order valence-electron chi connectivity index (χ0n) is 28.2. The average Bonchev–Trinajstić information content (AvgIpc) is 3.01. The molecule has 0 atom stereocenters. The molecule has 0 fully saturated rings. The highest BCUT2D eigenvalue weighted by Gasteiger charge is 2.08. The van der Waals surface area contributed by atoms with Crippen molar-refractivity contribution in [3.63, 3.8) is 0 Å². The molecule has 5 heteroatoms. The lowest BCUT2D eigenvalue weighted by atomic mass is 10.1. The Morgan fingerprint density at radius 3 is 1.28 bits per heavy atom. The van der Waals surface area contributed by atoms with Crippen LogP contribution in [0.15, 0.2) is 18.2 Å². The number of carbonyl (C=O) groups is 1. The third-order valence-electron chi connectivity index (χ3n) is 8.14. The lowest BCUT2D eigenvalue weighted by Crippen LogP contribution is -2.06. The highest BCUT2D eigenvalue weighted by Crippen LogP contribution is 2.25. The van der Waals surface area contributed by atoms with Gasteiger partial charge in [0.15, 0.2) is 0 Å². The zero-order chi connectivity index (χ0) is 31.1. The van der Waals surface area contributed by atoms with Crippen molar-refractivity contribution in [1.82, 2.24) is 0 Å². The van der Waals surface area contributed by atoms with Gasteiger partial charge in [-0.3, -0.25) is 4.79 Å². The summed E-state index contributed by atoms with van der Waals surface area (Å²) in [6.45, 7) is 6.24. The molecule has 43 heavy (non-hydrogen) atoms. The van der Waals surface area contributed by atoms with Crippen LogP contribution in [0.5, 0.6) is 11.5 Å². The molecule has 0 bridgehead atoms. The number of halogens is 1. The minimum absolute atomic E-state index is 0.161. The minimum atomic E-state index is -0.161. The summed E-state index contributed by atoms with van der Waals surface area (Å²) in [5.74, 6) is 1.46. The molecule has 0 saturated heterocycles. The largest absolute Gasteiger partial charge is 0.493 e. The van der Waals surface area contributed by atoms with Gasteiger partial charge in [0.2, 0.25) is 0 Å². The van der Waals surface area contributed by atoms with Crippen LogP contribution >= 0.6 is 15.9 Å². The van der Waals surface area contributed by atoms with E-state index in [9.17, 15) is 4.79 Å². The van der Waals surface area contributed by atoms with E-state index in [1.165, 1.54) is 135 Å². The molecule has 0 aliphatic carbocycles. The summed E-state index contributed by atoms with van der Waals surface area (Å²) >= 11 is 3.38. The van der Waals surface area contributed by atoms with E-state index < -0.39 is 0 Å². The van der Waals surface area contributed by atoms with Crippen molar-refractivity contribution in [2.45, 2.75) is 181 Å². The highest BCUT2D eigenvalue weighted by molar-refractivity contribution is 9.09. The minimum Gasteiger partial charge on any atom is -0.493 e. The normalized spacial score (nSPS) is 11.1. The molecule has 0 aromatic heterocycles. The quantitative estimate of drug-likeness (QED) is 0.0436. The van der Waals surface area contributed by atoms with Crippen LogP contribution in [0.25, 0.3) is 0 Å². The van der Waals surface area contributed by atoms with Gasteiger partial charge >= 0.3 is 5.97 Å². The maximum atomic E-state index is 12.0. The summed E-state index contributed by atoms with van der Waals surface area (Å²) < 4.78 is 17.8. The molecule has 0 heterocycles. The van der Waals surface area contributed by atoms with Crippen LogP contribution in [0.4, 0.5) is 0 Å². The SMILES string of the molecule is CCCCCCCCCCCCCCOc1cc(COC(=O)CCCBr)cc(OCCCCCCCCCCCCC)c1. The van der Waals surface area contributed by atoms with Gasteiger partial charge in [-0.2, -0.15) is 0 Å². The van der Waals surface area contributed by atoms with Crippen molar-refractivity contribution >= 4 is 21.9 Å². The van der Waals surface area contributed by atoms with Crippen LogP contribution in [0.1, 0.15) is 180 Å². The zero-order valence-corrected chi connectivity index (χ0v) is 29.8. The number of alkyl halides is 1. The summed E-state index contributed by atoms with van der Waals surface area (Å²) in [5, 5.41) is 0.807. The first kappa shape index (κ1) is 39.8. The van der Waals surface area contributed by atoms with E-state index in [1.807, 2.05) is 18.2 Å². The Morgan fingerprint density at radius 2 is 0.907 bits per heavy atom. The number of esters is 1. The molecule has 0 aliphatic heterocycles. The van der Waals surface area contributed by atoms with Gasteiger partial charge in [0.1, 0.15) is 18.1 Å². The molecule has 0 radical (unpaired) electrons. The summed E-state index contributed by atoms with van der Waals surface area (Å²) in [4.78, 5) is 12.0. The van der Waals surface area contributed by atoms with Gasteiger partial charge in [-0.05, 0) is 37.0 Å². The fraction of sp³-hybridized carbons (Fsp3) is 0.816. The van der Waals surface area contributed by atoms with E-state index in [2.05, 4.69) is 29.8 Å². The first-order valence-electron chi connectivity index (χ1n) is 18.3. The Balaban J connectivity index is 2.32. The first-order chi connectivity index (χ1) is 21.2. The third-order valence-corrected chi connectivity index (χ3v) is 8.70. The monoisotopic (exact) mass is 666 g/mol. The molecule has 250 valence electrons. The topological polar surface area (TPSA) is 44.8 Å². The molecular weight excluding hydrogens is 600 g/mol. The summed E-state index contributed by atoms with van der Waals surface area (Å²) in [6, 6.07) is 5.98. The van der Waals surface area contributed by atoms with Crippen molar-refractivity contribution in [3.05, 3.63) is 23.8 Å². The molecule has 1 aromatic carbocycles. The Labute approximate surface area is 274 Å². The smallest absolute Gasteiger partial charge is 0.306 e. The van der Waals surface area contributed by atoms with Gasteiger partial charge in [0.25, 0.3) is 0 Å². The Bertz CT molecular complexity index is 753. The summed E-state index contributed by atoms with van der Waals surface area (Å²) in [6.07, 6.45) is 31.8. The van der Waals surface area contributed by atoms with Crippen molar-refractivity contribution < 1.29 is 19.0 Å². The Morgan fingerprint density at radius 1 is 0.535 bits per heavy atom. The van der Waals surface area contributed by atoms with Gasteiger partial charge in [-0.25, -0.2) is 0 Å². The lowest BCUT2D eigenvalue weighted by Gasteiger charge is -2.13. The number of benzene rings is 1. The predicted octanol–water partition coefficient (Wildman–Crippen LogP) is 12.7.